The first kappa shape index (κ1) is 26.4. The number of aldehydes is 1. The van der Waals surface area contributed by atoms with E-state index in [0.29, 0.717) is 31.4 Å². The summed E-state index contributed by atoms with van der Waals surface area (Å²) in [4.78, 5) is 15.7. The maximum Gasteiger partial charge on any atom is 0.257 e. The molecule has 2 aliphatic rings. The van der Waals surface area contributed by atoms with Crippen LogP contribution >= 0.6 is 12.2 Å². The van der Waals surface area contributed by atoms with E-state index in [-0.39, 0.29) is 39.8 Å². The van der Waals surface area contributed by atoms with Gasteiger partial charge < -0.3 is 21.4 Å². The first-order valence-electron chi connectivity index (χ1n) is 11.5. The molecule has 186 valence electrons. The molecule has 1 aliphatic carbocycles. The van der Waals surface area contributed by atoms with Gasteiger partial charge in [0.15, 0.2) is 5.96 Å². The van der Waals surface area contributed by atoms with Crippen LogP contribution < -0.4 is 11.5 Å². The molecule has 11 heteroatoms. The van der Waals surface area contributed by atoms with Gasteiger partial charge >= 0.3 is 0 Å². The number of rotatable bonds is 11. The van der Waals surface area contributed by atoms with E-state index in [0.717, 1.165) is 35.7 Å². The number of thiocarbonyl (C=S) groups is 1. The number of fused-ring (bicyclic) bond motifs is 1. The number of sulfonamides is 1. The van der Waals surface area contributed by atoms with Gasteiger partial charge in [-0.1, -0.05) is 42.9 Å². The summed E-state index contributed by atoms with van der Waals surface area (Å²) >= 11 is 5.79. The first-order valence-corrected chi connectivity index (χ1v) is 13.3. The second kappa shape index (κ2) is 11.5. The predicted octanol–water partition coefficient (Wildman–Crippen LogP) is 1.53. The second-order valence-electron chi connectivity index (χ2n) is 8.60. The Morgan fingerprint density at radius 3 is 2.68 bits per heavy atom. The molecule has 0 radical (unpaired) electrons. The number of guanidine groups is 1. The van der Waals surface area contributed by atoms with Crippen molar-refractivity contribution in [1.82, 2.24) is 9.42 Å². The van der Waals surface area contributed by atoms with Crippen LogP contribution in [0.4, 0.5) is 0 Å². The summed E-state index contributed by atoms with van der Waals surface area (Å²) in [6, 6.07) is 7.41. The zero-order valence-electron chi connectivity index (χ0n) is 19.4. The molecule has 1 fully saturated rings. The Morgan fingerprint density at radius 1 is 1.32 bits per heavy atom. The molecule has 9 nitrogen and oxygen atoms in total. The van der Waals surface area contributed by atoms with Gasteiger partial charge in [-0.15, -0.1) is 4.41 Å². The van der Waals surface area contributed by atoms with Crippen molar-refractivity contribution in [3.05, 3.63) is 40.3 Å². The van der Waals surface area contributed by atoms with E-state index in [1.54, 1.807) is 5.01 Å². The first-order chi connectivity index (χ1) is 16.2. The molecule has 3 rings (SSSR count). The minimum atomic E-state index is -4.18. The molecule has 2 atom stereocenters. The molecule has 1 aliphatic heterocycles. The standard InChI is InChI=1S/C23H33N5O4S2/c1-16-7-6-12-27(16)28(13-14-29)34(31,32)22-20(15-30)18-9-3-2-8-17(18)19(21(22)33)10-4-5-11-26-23(24)25/h2-3,8-9,14,16,19,30H,4-7,10-13,15H2,1H3,(H4,24,25,26). The Hall–Kier alpha value is -2.18. The van der Waals surface area contributed by atoms with Crippen LogP contribution in [0.15, 0.2) is 34.2 Å². The molecule has 1 aromatic carbocycles. The lowest BCUT2D eigenvalue weighted by atomic mass is 9.80. The molecule has 0 amide bonds. The fraction of sp³-hybridized carbons (Fsp3) is 0.522. The molecule has 0 aromatic heterocycles. The second-order valence-corrected chi connectivity index (χ2v) is 10.8. The van der Waals surface area contributed by atoms with Crippen LogP contribution in [0.1, 0.15) is 56.1 Å². The number of hydrogen-bond donors (Lipinski definition) is 3. The Balaban J connectivity index is 2.03. The van der Waals surface area contributed by atoms with E-state index >= 15 is 0 Å². The largest absolute Gasteiger partial charge is 0.392 e. The van der Waals surface area contributed by atoms with E-state index in [9.17, 15) is 18.3 Å². The Morgan fingerprint density at radius 2 is 2.06 bits per heavy atom. The third kappa shape index (κ3) is 5.38. The number of aliphatic hydroxyl groups excluding tert-OH is 1. The van der Waals surface area contributed by atoms with Crippen LogP contribution in [0.25, 0.3) is 5.57 Å². The zero-order chi connectivity index (χ0) is 24.9. The molecule has 1 saturated heterocycles. The van der Waals surface area contributed by atoms with E-state index in [4.69, 9.17) is 23.7 Å². The van der Waals surface area contributed by atoms with Crippen LogP contribution in [0.5, 0.6) is 0 Å². The van der Waals surface area contributed by atoms with E-state index in [1.807, 2.05) is 31.2 Å². The number of aliphatic hydroxyl groups is 1. The monoisotopic (exact) mass is 507 g/mol. The fourth-order valence-corrected chi connectivity index (χ4v) is 7.35. The molecule has 0 saturated carbocycles. The average Bonchev–Trinajstić information content (AvgIpc) is 3.22. The van der Waals surface area contributed by atoms with Crippen LogP contribution in [-0.4, -0.2) is 72.3 Å². The van der Waals surface area contributed by atoms with E-state index in [2.05, 4.69) is 4.99 Å². The van der Waals surface area contributed by atoms with Gasteiger partial charge in [0.05, 0.1) is 13.2 Å². The highest BCUT2D eigenvalue weighted by Crippen LogP contribution is 2.42. The number of hydrogen-bond acceptors (Lipinski definition) is 7. The van der Waals surface area contributed by atoms with Gasteiger partial charge in [-0.05, 0) is 43.7 Å². The van der Waals surface area contributed by atoms with Gasteiger partial charge in [-0.25, -0.2) is 13.4 Å². The Kier molecular flexibility index (Phi) is 8.94. The summed E-state index contributed by atoms with van der Waals surface area (Å²) in [5.41, 5.74) is 12.6. The molecular weight excluding hydrogens is 474 g/mol. The number of carbonyl (C=O) groups excluding carboxylic acids is 1. The number of aliphatic imine (C=N–C) groups is 1. The molecule has 1 aromatic rings. The van der Waals surface area contributed by atoms with Crippen molar-refractivity contribution in [2.75, 3.05) is 26.2 Å². The van der Waals surface area contributed by atoms with Crippen molar-refractivity contribution in [2.45, 2.75) is 51.0 Å². The average molecular weight is 508 g/mol. The maximum atomic E-state index is 14.0. The van der Waals surface area contributed by atoms with Crippen molar-refractivity contribution in [2.24, 2.45) is 16.5 Å². The highest BCUT2D eigenvalue weighted by atomic mass is 32.2. The van der Waals surface area contributed by atoms with E-state index in [1.165, 1.54) is 0 Å². The van der Waals surface area contributed by atoms with Crippen LogP contribution in [0.3, 0.4) is 0 Å². The maximum absolute atomic E-state index is 14.0. The van der Waals surface area contributed by atoms with Crippen molar-refractivity contribution in [3.63, 3.8) is 0 Å². The minimum Gasteiger partial charge on any atom is -0.392 e. The predicted molar refractivity (Wildman–Crippen MR) is 137 cm³/mol. The molecule has 2 unspecified atom stereocenters. The SMILES string of the molecule is CC1CCCN1N(CC=O)S(=O)(=O)C1=C(CO)c2ccccc2C(CCCCN=C(N)N)C1=S. The number of nitrogens with zero attached hydrogens (tertiary/aromatic N) is 3. The lowest BCUT2D eigenvalue weighted by Crippen LogP contribution is -2.50. The number of nitrogens with two attached hydrogens (primary N) is 2. The summed E-state index contributed by atoms with van der Waals surface area (Å²) in [5, 5.41) is 12.0. The number of hydrazine groups is 1. The Labute approximate surface area is 206 Å². The highest BCUT2D eigenvalue weighted by Gasteiger charge is 2.43. The highest BCUT2D eigenvalue weighted by molar-refractivity contribution is 7.96. The zero-order valence-corrected chi connectivity index (χ0v) is 21.0. The van der Waals surface area contributed by atoms with Gasteiger partial charge in [0.25, 0.3) is 10.0 Å². The number of allylic oxidation sites excluding steroid dienone is 1. The van der Waals surface area contributed by atoms with Gasteiger partial charge in [0.2, 0.25) is 0 Å². The van der Waals surface area contributed by atoms with Gasteiger partial charge in [0.1, 0.15) is 11.2 Å². The van der Waals surface area contributed by atoms with Gasteiger partial charge in [-0.2, -0.15) is 0 Å². The minimum absolute atomic E-state index is 0.0244. The van der Waals surface area contributed by atoms with Crippen molar-refractivity contribution in [3.8, 4) is 0 Å². The van der Waals surface area contributed by atoms with Crippen molar-refractivity contribution >= 4 is 44.9 Å². The summed E-state index contributed by atoms with van der Waals surface area (Å²) in [7, 11) is -4.18. The number of carbonyl (C=O) groups is 1. The molecule has 0 bridgehead atoms. The fourth-order valence-electron chi connectivity index (χ4n) is 4.80. The number of benzene rings is 1. The van der Waals surface area contributed by atoms with E-state index < -0.39 is 16.6 Å². The third-order valence-corrected chi connectivity index (χ3v) is 8.91. The van der Waals surface area contributed by atoms with Crippen LogP contribution in [0, 0.1) is 0 Å². The quantitative estimate of drug-likeness (QED) is 0.135. The molecular formula is C23H33N5O4S2. The lowest BCUT2D eigenvalue weighted by Gasteiger charge is -2.36. The smallest absolute Gasteiger partial charge is 0.257 e. The molecule has 5 N–H and O–H groups in total. The molecule has 1 heterocycles. The Bertz CT molecular complexity index is 1080. The summed E-state index contributed by atoms with van der Waals surface area (Å²) < 4.78 is 29.2. The summed E-state index contributed by atoms with van der Waals surface area (Å²) in [6.45, 7) is 2.17. The topological polar surface area (TPSA) is 142 Å². The van der Waals surface area contributed by atoms with Crippen LogP contribution in [-0.2, 0) is 14.8 Å². The van der Waals surface area contributed by atoms with Crippen molar-refractivity contribution in [1.29, 1.82) is 0 Å². The summed E-state index contributed by atoms with van der Waals surface area (Å²) in [5.74, 6) is -0.284. The number of unbranched alkanes of at least 4 members (excludes halogenated alkanes) is 1. The van der Waals surface area contributed by atoms with Gasteiger partial charge in [0, 0.05) is 35.5 Å². The lowest BCUT2D eigenvalue weighted by molar-refractivity contribution is -0.110. The summed E-state index contributed by atoms with van der Waals surface area (Å²) in [6.07, 6.45) is 4.33. The molecule has 34 heavy (non-hydrogen) atoms. The normalized spacial score (nSPS) is 21.1. The molecule has 0 spiro atoms. The van der Waals surface area contributed by atoms with Gasteiger partial charge in [-0.3, -0.25) is 4.99 Å². The van der Waals surface area contributed by atoms with Crippen LogP contribution in [0.2, 0.25) is 0 Å². The van der Waals surface area contributed by atoms with Crippen molar-refractivity contribution < 1.29 is 18.3 Å². The third-order valence-electron chi connectivity index (χ3n) is 6.40.